The molecule has 2 N–H and O–H groups in total. The van der Waals surface area contributed by atoms with E-state index in [1.54, 1.807) is 0 Å². The van der Waals surface area contributed by atoms with Crippen LogP contribution in [0.3, 0.4) is 0 Å². The molecule has 0 aliphatic heterocycles. The number of nitrogens with one attached hydrogen (secondary N) is 1. The second kappa shape index (κ2) is 5.55. The first-order chi connectivity index (χ1) is 7.56. The number of rotatable bonds is 4. The van der Waals surface area contributed by atoms with Crippen LogP contribution in [0.2, 0.25) is 0 Å². The number of aliphatic carboxylic acids is 1. The van der Waals surface area contributed by atoms with Crippen LogP contribution in [0.25, 0.3) is 0 Å². The average Bonchev–Trinajstić information content (AvgIpc) is 2.65. The predicted octanol–water partition coefficient (Wildman–Crippen LogP) is 1.02. The standard InChI is InChI=1S/C12H17NO3/c1-3-5-8(2)13-11(14)9-6-4-7-10(9)12(15)16/h1,8-10H,4-7H2,2H3,(H,13,14)(H,15,16)/t8?,9-,10+/m1/s1. The minimum absolute atomic E-state index is 0.0902. The van der Waals surface area contributed by atoms with Gasteiger partial charge < -0.3 is 10.4 Å². The number of amides is 1. The van der Waals surface area contributed by atoms with Crippen molar-refractivity contribution in [1.82, 2.24) is 5.32 Å². The van der Waals surface area contributed by atoms with Gasteiger partial charge in [-0.15, -0.1) is 12.3 Å². The Morgan fingerprint density at radius 2 is 2.12 bits per heavy atom. The number of terminal acetylenes is 1. The van der Waals surface area contributed by atoms with E-state index < -0.39 is 17.8 Å². The van der Waals surface area contributed by atoms with Gasteiger partial charge in [-0.25, -0.2) is 0 Å². The lowest BCUT2D eigenvalue weighted by Gasteiger charge is -2.18. The van der Waals surface area contributed by atoms with Gasteiger partial charge in [-0.3, -0.25) is 9.59 Å². The van der Waals surface area contributed by atoms with Crippen molar-refractivity contribution < 1.29 is 14.7 Å². The van der Waals surface area contributed by atoms with Gasteiger partial charge in [-0.05, 0) is 19.8 Å². The zero-order chi connectivity index (χ0) is 12.1. The summed E-state index contributed by atoms with van der Waals surface area (Å²) in [5, 5.41) is 11.7. The Morgan fingerprint density at radius 1 is 1.50 bits per heavy atom. The molecule has 0 aromatic carbocycles. The van der Waals surface area contributed by atoms with E-state index >= 15 is 0 Å². The lowest BCUT2D eigenvalue weighted by molar-refractivity contribution is -0.146. The third-order valence-electron chi connectivity index (χ3n) is 2.98. The summed E-state index contributed by atoms with van der Waals surface area (Å²) in [7, 11) is 0. The average molecular weight is 223 g/mol. The van der Waals surface area contributed by atoms with Crippen molar-refractivity contribution in [1.29, 1.82) is 0 Å². The Labute approximate surface area is 95.4 Å². The molecular formula is C12H17NO3. The molecule has 0 saturated heterocycles. The molecule has 0 spiro atoms. The number of hydrogen-bond acceptors (Lipinski definition) is 2. The highest BCUT2D eigenvalue weighted by Gasteiger charge is 2.37. The van der Waals surface area contributed by atoms with E-state index in [0.717, 1.165) is 6.42 Å². The number of carboxylic acid groups (broad SMARTS) is 1. The lowest BCUT2D eigenvalue weighted by Crippen LogP contribution is -2.39. The second-order valence-electron chi connectivity index (χ2n) is 4.30. The van der Waals surface area contributed by atoms with Crippen molar-refractivity contribution in [3.05, 3.63) is 0 Å². The van der Waals surface area contributed by atoms with Gasteiger partial charge in [0.05, 0.1) is 11.8 Å². The molecule has 1 rings (SSSR count). The highest BCUT2D eigenvalue weighted by atomic mass is 16.4. The van der Waals surface area contributed by atoms with Crippen LogP contribution in [-0.4, -0.2) is 23.0 Å². The molecule has 3 atom stereocenters. The molecule has 4 nitrogen and oxygen atoms in total. The SMILES string of the molecule is C#CCC(C)NC(=O)[C@@H]1CCC[C@@H]1C(=O)O. The summed E-state index contributed by atoms with van der Waals surface area (Å²) in [5.41, 5.74) is 0. The van der Waals surface area contributed by atoms with Crippen LogP contribution in [0.4, 0.5) is 0 Å². The quantitative estimate of drug-likeness (QED) is 0.699. The Kier molecular flexibility index (Phi) is 4.36. The van der Waals surface area contributed by atoms with Gasteiger partial charge in [-0.1, -0.05) is 6.42 Å². The highest BCUT2D eigenvalue weighted by Crippen LogP contribution is 2.32. The van der Waals surface area contributed by atoms with Gasteiger partial charge in [0.1, 0.15) is 0 Å². The van der Waals surface area contributed by atoms with E-state index in [4.69, 9.17) is 11.5 Å². The summed E-state index contributed by atoms with van der Waals surface area (Å²) in [6.45, 7) is 1.82. The predicted molar refractivity (Wildman–Crippen MR) is 59.5 cm³/mol. The smallest absolute Gasteiger partial charge is 0.307 e. The fourth-order valence-corrected chi connectivity index (χ4v) is 2.15. The molecule has 4 heteroatoms. The molecule has 1 aliphatic carbocycles. The van der Waals surface area contributed by atoms with Crippen molar-refractivity contribution in [2.75, 3.05) is 0 Å². The summed E-state index contributed by atoms with van der Waals surface area (Å²) >= 11 is 0. The second-order valence-corrected chi connectivity index (χ2v) is 4.30. The third-order valence-corrected chi connectivity index (χ3v) is 2.98. The van der Waals surface area contributed by atoms with Crippen LogP contribution >= 0.6 is 0 Å². The molecule has 1 fully saturated rings. The Hall–Kier alpha value is -1.50. The fraction of sp³-hybridized carbons (Fsp3) is 0.667. The van der Waals surface area contributed by atoms with Gasteiger partial charge in [0, 0.05) is 12.5 Å². The van der Waals surface area contributed by atoms with E-state index in [9.17, 15) is 9.59 Å². The largest absolute Gasteiger partial charge is 0.481 e. The molecule has 1 unspecified atom stereocenters. The Bertz CT molecular complexity index is 319. The first kappa shape index (κ1) is 12.6. The van der Waals surface area contributed by atoms with E-state index in [2.05, 4.69) is 11.2 Å². The van der Waals surface area contributed by atoms with Crippen molar-refractivity contribution in [3.63, 3.8) is 0 Å². The number of carbonyl (C=O) groups excluding carboxylic acids is 1. The maximum atomic E-state index is 11.8. The van der Waals surface area contributed by atoms with E-state index in [-0.39, 0.29) is 11.9 Å². The van der Waals surface area contributed by atoms with Gasteiger partial charge in [0.2, 0.25) is 5.91 Å². The molecule has 0 aromatic heterocycles. The molecule has 1 amide bonds. The molecule has 0 heterocycles. The van der Waals surface area contributed by atoms with Crippen molar-refractivity contribution in [2.45, 2.75) is 38.6 Å². The van der Waals surface area contributed by atoms with Crippen LogP contribution in [0.1, 0.15) is 32.6 Å². The fourth-order valence-electron chi connectivity index (χ4n) is 2.15. The number of carboxylic acids is 1. The Morgan fingerprint density at radius 3 is 2.69 bits per heavy atom. The van der Waals surface area contributed by atoms with Crippen LogP contribution in [-0.2, 0) is 9.59 Å². The minimum Gasteiger partial charge on any atom is -0.481 e. The lowest BCUT2D eigenvalue weighted by atomic mass is 9.95. The van der Waals surface area contributed by atoms with E-state index in [1.165, 1.54) is 0 Å². The maximum absolute atomic E-state index is 11.8. The summed E-state index contributed by atoms with van der Waals surface area (Å²) in [4.78, 5) is 22.7. The van der Waals surface area contributed by atoms with Gasteiger partial charge in [-0.2, -0.15) is 0 Å². The van der Waals surface area contributed by atoms with Crippen LogP contribution < -0.4 is 5.32 Å². The van der Waals surface area contributed by atoms with Gasteiger partial charge in [0.25, 0.3) is 0 Å². The molecule has 0 aromatic rings. The van der Waals surface area contributed by atoms with Gasteiger partial charge in [0.15, 0.2) is 0 Å². The first-order valence-corrected chi connectivity index (χ1v) is 5.53. The zero-order valence-corrected chi connectivity index (χ0v) is 9.40. The van der Waals surface area contributed by atoms with Crippen LogP contribution in [0.15, 0.2) is 0 Å². The topological polar surface area (TPSA) is 66.4 Å². The molecule has 0 radical (unpaired) electrons. The van der Waals surface area contributed by atoms with Crippen molar-refractivity contribution in [3.8, 4) is 12.3 Å². The molecule has 16 heavy (non-hydrogen) atoms. The normalized spacial score (nSPS) is 25.8. The summed E-state index contributed by atoms with van der Waals surface area (Å²) in [6, 6.07) is -0.0902. The number of hydrogen-bond donors (Lipinski definition) is 2. The zero-order valence-electron chi connectivity index (χ0n) is 9.40. The molecule has 0 bridgehead atoms. The van der Waals surface area contributed by atoms with Gasteiger partial charge >= 0.3 is 5.97 Å². The third kappa shape index (κ3) is 2.99. The first-order valence-electron chi connectivity index (χ1n) is 5.53. The maximum Gasteiger partial charge on any atom is 0.307 e. The highest BCUT2D eigenvalue weighted by molar-refractivity contribution is 5.85. The van der Waals surface area contributed by atoms with Crippen LogP contribution in [0.5, 0.6) is 0 Å². The number of carbonyl (C=O) groups is 2. The summed E-state index contributed by atoms with van der Waals surface area (Å²) in [5.74, 6) is 0.499. The molecule has 1 saturated carbocycles. The summed E-state index contributed by atoms with van der Waals surface area (Å²) < 4.78 is 0. The van der Waals surface area contributed by atoms with Crippen LogP contribution in [0, 0.1) is 24.2 Å². The molecule has 1 aliphatic rings. The van der Waals surface area contributed by atoms with Crippen molar-refractivity contribution >= 4 is 11.9 Å². The van der Waals surface area contributed by atoms with E-state index in [1.807, 2.05) is 6.92 Å². The minimum atomic E-state index is -0.873. The Balaban J connectivity index is 2.53. The van der Waals surface area contributed by atoms with Crippen molar-refractivity contribution in [2.24, 2.45) is 11.8 Å². The van der Waals surface area contributed by atoms with E-state index in [0.29, 0.717) is 19.3 Å². The summed E-state index contributed by atoms with van der Waals surface area (Å²) in [6.07, 6.45) is 7.66. The molecular weight excluding hydrogens is 206 g/mol. The monoisotopic (exact) mass is 223 g/mol. The molecule has 88 valence electrons.